The molecule has 1 rings (SSSR count). The first kappa shape index (κ1) is 15.7. The van der Waals surface area contributed by atoms with E-state index in [0.29, 0.717) is 5.01 Å². The summed E-state index contributed by atoms with van der Waals surface area (Å²) < 4.78 is 37.2. The number of hydrogen-bond acceptors (Lipinski definition) is 4. The zero-order valence-electron chi connectivity index (χ0n) is 10.8. The third kappa shape index (κ3) is 5.86. The van der Waals surface area contributed by atoms with Gasteiger partial charge in [-0.15, -0.1) is 10.2 Å². The molecule has 0 spiro atoms. The average molecular weight is 296 g/mol. The number of halogens is 3. The zero-order chi connectivity index (χ0) is 14.6. The van der Waals surface area contributed by atoms with Gasteiger partial charge in [0.25, 0.3) is 0 Å². The van der Waals surface area contributed by atoms with Gasteiger partial charge in [-0.3, -0.25) is 5.32 Å². The number of nitrogens with zero attached hydrogens (tertiary/aromatic N) is 3. The third-order valence-electron chi connectivity index (χ3n) is 1.98. The van der Waals surface area contributed by atoms with Gasteiger partial charge < -0.3 is 4.90 Å². The van der Waals surface area contributed by atoms with E-state index < -0.39 is 18.8 Å². The number of aromatic nitrogens is 2. The quantitative estimate of drug-likeness (QED) is 0.929. The first-order valence-electron chi connectivity index (χ1n) is 5.60. The van der Waals surface area contributed by atoms with Crippen molar-refractivity contribution in [2.45, 2.75) is 26.9 Å². The summed E-state index contributed by atoms with van der Waals surface area (Å²) in [4.78, 5) is 12.5. The van der Waals surface area contributed by atoms with E-state index in [9.17, 15) is 18.0 Å². The van der Waals surface area contributed by atoms with Gasteiger partial charge in [0.1, 0.15) is 11.6 Å². The molecule has 0 aromatic carbocycles. The van der Waals surface area contributed by atoms with Crippen molar-refractivity contribution in [2.75, 3.05) is 18.4 Å². The van der Waals surface area contributed by atoms with E-state index in [2.05, 4.69) is 15.5 Å². The molecule has 1 aromatic rings. The number of hydrogen-bond donors (Lipinski definition) is 1. The van der Waals surface area contributed by atoms with Crippen LogP contribution in [0.2, 0.25) is 0 Å². The van der Waals surface area contributed by atoms with E-state index in [-0.39, 0.29) is 17.6 Å². The topological polar surface area (TPSA) is 58.1 Å². The number of rotatable bonds is 4. The summed E-state index contributed by atoms with van der Waals surface area (Å²) in [6.45, 7) is 3.91. The molecule has 0 aliphatic rings. The Morgan fingerprint density at radius 1 is 1.42 bits per heavy atom. The number of anilines is 1. The van der Waals surface area contributed by atoms with E-state index in [1.807, 2.05) is 0 Å². The lowest BCUT2D eigenvalue weighted by Crippen LogP contribution is -2.43. The molecule has 9 heteroatoms. The van der Waals surface area contributed by atoms with Crippen LogP contribution in [0.15, 0.2) is 0 Å². The predicted octanol–water partition coefficient (Wildman–Crippen LogP) is 2.90. The van der Waals surface area contributed by atoms with Crippen LogP contribution in [0, 0.1) is 12.8 Å². The predicted molar refractivity (Wildman–Crippen MR) is 66.1 cm³/mol. The third-order valence-corrected chi connectivity index (χ3v) is 2.74. The summed E-state index contributed by atoms with van der Waals surface area (Å²) in [7, 11) is 0. The average Bonchev–Trinajstić information content (AvgIpc) is 2.60. The smallest absolute Gasteiger partial charge is 0.315 e. The lowest BCUT2D eigenvalue weighted by atomic mass is 10.2. The molecule has 19 heavy (non-hydrogen) atoms. The standard InChI is InChI=1S/C10H15F3N4OS/c1-6(2)4-17(5-10(11,12)13)9(18)14-8-16-15-7(3)19-8/h6H,4-5H2,1-3H3,(H,14,16,18). The first-order valence-corrected chi connectivity index (χ1v) is 6.42. The van der Waals surface area contributed by atoms with Crippen LogP contribution in [-0.4, -0.2) is 40.4 Å². The molecule has 0 saturated carbocycles. The molecule has 0 unspecified atom stereocenters. The molecule has 0 aliphatic heterocycles. The maximum Gasteiger partial charge on any atom is 0.406 e. The van der Waals surface area contributed by atoms with Crippen LogP contribution >= 0.6 is 11.3 Å². The van der Waals surface area contributed by atoms with E-state index >= 15 is 0 Å². The fraction of sp³-hybridized carbons (Fsp3) is 0.700. The molecule has 1 heterocycles. The van der Waals surface area contributed by atoms with Crippen molar-refractivity contribution in [3.05, 3.63) is 5.01 Å². The highest BCUT2D eigenvalue weighted by molar-refractivity contribution is 7.15. The number of carbonyl (C=O) groups is 1. The monoisotopic (exact) mass is 296 g/mol. The van der Waals surface area contributed by atoms with Gasteiger partial charge in [0.15, 0.2) is 0 Å². The number of urea groups is 1. The Labute approximate surface area is 112 Å². The van der Waals surface area contributed by atoms with Gasteiger partial charge >= 0.3 is 12.2 Å². The van der Waals surface area contributed by atoms with E-state index in [1.54, 1.807) is 20.8 Å². The molecule has 2 amide bonds. The van der Waals surface area contributed by atoms with Crippen molar-refractivity contribution in [3.8, 4) is 0 Å². The molecule has 0 bridgehead atoms. The maximum atomic E-state index is 12.4. The fourth-order valence-corrected chi connectivity index (χ4v) is 1.98. The Bertz CT molecular complexity index is 433. The number of carbonyl (C=O) groups excluding carboxylic acids is 1. The van der Waals surface area contributed by atoms with Gasteiger partial charge in [-0.05, 0) is 12.8 Å². The van der Waals surface area contributed by atoms with Crippen LogP contribution in [0.25, 0.3) is 0 Å². The minimum Gasteiger partial charge on any atom is -0.315 e. The molecule has 5 nitrogen and oxygen atoms in total. The lowest BCUT2D eigenvalue weighted by Gasteiger charge is -2.25. The van der Waals surface area contributed by atoms with Gasteiger partial charge in [0.2, 0.25) is 5.13 Å². The second kappa shape index (κ2) is 6.18. The second-order valence-corrected chi connectivity index (χ2v) is 5.63. The summed E-state index contributed by atoms with van der Waals surface area (Å²) in [5.74, 6) is -0.0655. The Balaban J connectivity index is 2.70. The minimum atomic E-state index is -4.43. The number of aryl methyl sites for hydroxylation is 1. The molecule has 0 radical (unpaired) electrons. The highest BCUT2D eigenvalue weighted by Crippen LogP contribution is 2.19. The van der Waals surface area contributed by atoms with Crippen LogP contribution in [0.3, 0.4) is 0 Å². The Hall–Kier alpha value is -1.38. The summed E-state index contributed by atoms with van der Waals surface area (Å²) in [6.07, 6.45) is -4.43. The first-order chi connectivity index (χ1) is 8.67. The van der Waals surface area contributed by atoms with Gasteiger partial charge in [0, 0.05) is 6.54 Å². The minimum absolute atomic E-state index is 0.0170. The van der Waals surface area contributed by atoms with Crippen molar-refractivity contribution < 1.29 is 18.0 Å². The molecule has 1 N–H and O–H groups in total. The molecule has 0 aliphatic carbocycles. The molecule has 1 aromatic heterocycles. The highest BCUT2D eigenvalue weighted by atomic mass is 32.1. The van der Waals surface area contributed by atoms with Crippen LogP contribution in [0.1, 0.15) is 18.9 Å². The Morgan fingerprint density at radius 3 is 2.47 bits per heavy atom. The summed E-state index contributed by atoms with van der Waals surface area (Å²) >= 11 is 1.11. The molecule has 108 valence electrons. The van der Waals surface area contributed by atoms with Crippen molar-refractivity contribution >= 4 is 22.5 Å². The normalized spacial score (nSPS) is 11.7. The van der Waals surface area contributed by atoms with Crippen LogP contribution in [0.5, 0.6) is 0 Å². The van der Waals surface area contributed by atoms with Gasteiger partial charge in [-0.2, -0.15) is 13.2 Å². The number of alkyl halides is 3. The lowest BCUT2D eigenvalue weighted by molar-refractivity contribution is -0.140. The molecular formula is C10H15F3N4OS. The SMILES string of the molecule is Cc1nnc(NC(=O)N(CC(C)C)CC(F)(F)F)s1. The molecule has 0 atom stereocenters. The maximum absolute atomic E-state index is 12.4. The summed E-state index contributed by atoms with van der Waals surface area (Å²) in [5, 5.41) is 10.5. The molecule has 0 fully saturated rings. The van der Waals surface area contributed by atoms with Gasteiger partial charge in [-0.1, -0.05) is 25.2 Å². The van der Waals surface area contributed by atoms with E-state index in [1.165, 1.54) is 0 Å². The number of amides is 2. The van der Waals surface area contributed by atoms with E-state index in [4.69, 9.17) is 0 Å². The second-order valence-electron chi connectivity index (χ2n) is 4.45. The Morgan fingerprint density at radius 2 is 2.05 bits per heavy atom. The van der Waals surface area contributed by atoms with Gasteiger partial charge in [-0.25, -0.2) is 4.79 Å². The number of nitrogens with one attached hydrogen (secondary N) is 1. The highest BCUT2D eigenvalue weighted by Gasteiger charge is 2.33. The molecule has 0 saturated heterocycles. The van der Waals surface area contributed by atoms with Crippen molar-refractivity contribution in [3.63, 3.8) is 0 Å². The van der Waals surface area contributed by atoms with Crippen LogP contribution in [0.4, 0.5) is 23.1 Å². The largest absolute Gasteiger partial charge is 0.406 e. The Kier molecular flexibility index (Phi) is 5.10. The summed E-state index contributed by atoms with van der Waals surface area (Å²) in [5.41, 5.74) is 0. The van der Waals surface area contributed by atoms with Crippen LogP contribution in [-0.2, 0) is 0 Å². The molecular weight excluding hydrogens is 281 g/mol. The van der Waals surface area contributed by atoms with Crippen LogP contribution < -0.4 is 5.32 Å². The van der Waals surface area contributed by atoms with Crippen molar-refractivity contribution in [2.24, 2.45) is 5.92 Å². The fourth-order valence-electron chi connectivity index (χ4n) is 1.39. The zero-order valence-corrected chi connectivity index (χ0v) is 11.6. The van der Waals surface area contributed by atoms with Crippen molar-refractivity contribution in [1.82, 2.24) is 15.1 Å². The van der Waals surface area contributed by atoms with Gasteiger partial charge in [0.05, 0.1) is 0 Å². The summed E-state index contributed by atoms with van der Waals surface area (Å²) in [6, 6.07) is -0.817. The van der Waals surface area contributed by atoms with Crippen molar-refractivity contribution in [1.29, 1.82) is 0 Å². The van der Waals surface area contributed by atoms with E-state index in [0.717, 1.165) is 16.2 Å².